The summed E-state index contributed by atoms with van der Waals surface area (Å²) in [7, 11) is 0. The normalized spacial score (nSPS) is 10.1. The fourth-order valence-corrected chi connectivity index (χ4v) is 1.97. The van der Waals surface area contributed by atoms with Gasteiger partial charge in [-0.05, 0) is 25.0 Å². The molecule has 0 atom stereocenters. The van der Waals surface area contributed by atoms with E-state index in [-0.39, 0.29) is 5.91 Å². The minimum absolute atomic E-state index is 0.0766. The van der Waals surface area contributed by atoms with Gasteiger partial charge in [0, 0.05) is 19.6 Å². The Labute approximate surface area is 127 Å². The molecule has 0 unspecified atom stereocenters. The molecule has 1 aromatic carbocycles. The number of carbonyl (C=O) groups excluding carboxylic acids is 1. The fourth-order valence-electron chi connectivity index (χ4n) is 1.97. The van der Waals surface area contributed by atoms with E-state index in [1.165, 1.54) is 19.3 Å². The zero-order chi connectivity index (χ0) is 15.3. The number of benzene rings is 1. The first-order chi connectivity index (χ1) is 10.3. The SMILES string of the molecule is CCCCCCOCCCC(=O)Nc1ccccc1C#N. The van der Waals surface area contributed by atoms with E-state index in [2.05, 4.69) is 18.3 Å². The molecule has 1 N–H and O–H groups in total. The largest absolute Gasteiger partial charge is 0.381 e. The van der Waals surface area contributed by atoms with E-state index in [4.69, 9.17) is 10.00 Å². The van der Waals surface area contributed by atoms with Crippen LogP contribution in [0.4, 0.5) is 5.69 Å². The summed E-state index contributed by atoms with van der Waals surface area (Å²) < 4.78 is 5.49. The highest BCUT2D eigenvalue weighted by Gasteiger charge is 2.05. The first kappa shape index (κ1) is 17.2. The number of carbonyl (C=O) groups is 1. The molecule has 1 amide bonds. The molecule has 0 bridgehead atoms. The van der Waals surface area contributed by atoms with Crippen molar-refractivity contribution in [2.24, 2.45) is 0 Å². The lowest BCUT2D eigenvalue weighted by Gasteiger charge is -2.07. The van der Waals surface area contributed by atoms with Crippen molar-refractivity contribution in [3.63, 3.8) is 0 Å². The fraction of sp³-hybridized carbons (Fsp3) is 0.529. The second-order valence-electron chi connectivity index (χ2n) is 4.98. The summed E-state index contributed by atoms with van der Waals surface area (Å²) in [6.07, 6.45) is 5.90. The number of nitrogens with one attached hydrogen (secondary N) is 1. The molecular formula is C17H24N2O2. The summed E-state index contributed by atoms with van der Waals surface area (Å²) in [5, 5.41) is 11.7. The molecule has 0 spiro atoms. The van der Waals surface area contributed by atoms with E-state index in [1.807, 2.05) is 0 Å². The average Bonchev–Trinajstić information content (AvgIpc) is 2.50. The molecule has 0 heterocycles. The molecule has 0 radical (unpaired) electrons. The number of ether oxygens (including phenoxy) is 1. The van der Waals surface area contributed by atoms with Gasteiger partial charge in [-0.15, -0.1) is 0 Å². The molecular weight excluding hydrogens is 264 g/mol. The van der Waals surface area contributed by atoms with Gasteiger partial charge in [-0.1, -0.05) is 38.3 Å². The van der Waals surface area contributed by atoms with Gasteiger partial charge in [0.1, 0.15) is 6.07 Å². The highest BCUT2D eigenvalue weighted by atomic mass is 16.5. The highest BCUT2D eigenvalue weighted by molar-refractivity contribution is 5.92. The Kier molecular flexibility index (Phi) is 8.90. The van der Waals surface area contributed by atoms with Crippen molar-refractivity contribution >= 4 is 11.6 Å². The third-order valence-corrected chi connectivity index (χ3v) is 3.16. The van der Waals surface area contributed by atoms with E-state index in [0.717, 1.165) is 13.0 Å². The molecule has 0 aliphatic heterocycles. The van der Waals surface area contributed by atoms with Crippen LogP contribution in [0.1, 0.15) is 51.0 Å². The lowest BCUT2D eigenvalue weighted by Crippen LogP contribution is -2.13. The van der Waals surface area contributed by atoms with Crippen LogP contribution in [0.15, 0.2) is 24.3 Å². The van der Waals surface area contributed by atoms with Crippen LogP contribution in [0.2, 0.25) is 0 Å². The number of hydrogen-bond acceptors (Lipinski definition) is 3. The van der Waals surface area contributed by atoms with Crippen molar-refractivity contribution in [2.45, 2.75) is 45.4 Å². The maximum absolute atomic E-state index is 11.8. The minimum Gasteiger partial charge on any atom is -0.381 e. The third kappa shape index (κ3) is 7.48. The summed E-state index contributed by atoms with van der Waals surface area (Å²) in [6, 6.07) is 9.07. The number of nitrogens with zero attached hydrogens (tertiary/aromatic N) is 1. The van der Waals surface area contributed by atoms with E-state index < -0.39 is 0 Å². The predicted octanol–water partition coefficient (Wildman–Crippen LogP) is 3.87. The molecule has 1 rings (SSSR count). The van der Waals surface area contributed by atoms with Crippen LogP contribution < -0.4 is 5.32 Å². The van der Waals surface area contributed by atoms with Gasteiger partial charge < -0.3 is 10.1 Å². The molecule has 0 fully saturated rings. The van der Waals surface area contributed by atoms with Crippen LogP contribution in [0.25, 0.3) is 0 Å². The van der Waals surface area contributed by atoms with Gasteiger partial charge in [0.05, 0.1) is 11.3 Å². The number of para-hydroxylation sites is 1. The Morgan fingerprint density at radius 1 is 1.19 bits per heavy atom. The lowest BCUT2D eigenvalue weighted by molar-refractivity contribution is -0.116. The number of rotatable bonds is 10. The molecule has 21 heavy (non-hydrogen) atoms. The van der Waals surface area contributed by atoms with E-state index >= 15 is 0 Å². The van der Waals surface area contributed by atoms with Crippen molar-refractivity contribution in [3.8, 4) is 6.07 Å². The molecule has 0 aliphatic carbocycles. The van der Waals surface area contributed by atoms with E-state index in [1.54, 1.807) is 24.3 Å². The second-order valence-corrected chi connectivity index (χ2v) is 4.98. The maximum Gasteiger partial charge on any atom is 0.224 e. The Morgan fingerprint density at radius 3 is 2.71 bits per heavy atom. The number of hydrogen-bond donors (Lipinski definition) is 1. The summed E-state index contributed by atoms with van der Waals surface area (Å²) in [6.45, 7) is 3.57. The number of anilines is 1. The molecule has 4 nitrogen and oxygen atoms in total. The zero-order valence-corrected chi connectivity index (χ0v) is 12.7. The van der Waals surface area contributed by atoms with Gasteiger partial charge in [-0.3, -0.25) is 4.79 Å². The molecule has 0 aromatic heterocycles. The molecule has 4 heteroatoms. The van der Waals surface area contributed by atoms with Crippen LogP contribution in [0.5, 0.6) is 0 Å². The molecule has 114 valence electrons. The smallest absolute Gasteiger partial charge is 0.224 e. The Balaban J connectivity index is 2.13. The van der Waals surface area contributed by atoms with Gasteiger partial charge in [0.25, 0.3) is 0 Å². The van der Waals surface area contributed by atoms with Crippen molar-refractivity contribution < 1.29 is 9.53 Å². The van der Waals surface area contributed by atoms with Crippen LogP contribution in [0, 0.1) is 11.3 Å². The number of unbranched alkanes of at least 4 members (excludes halogenated alkanes) is 3. The summed E-state index contributed by atoms with van der Waals surface area (Å²) in [5.41, 5.74) is 1.06. The second kappa shape index (κ2) is 10.9. The van der Waals surface area contributed by atoms with Crippen LogP contribution in [0.3, 0.4) is 0 Å². The minimum atomic E-state index is -0.0766. The Hall–Kier alpha value is -1.86. The Bertz CT molecular complexity index is 466. The van der Waals surface area contributed by atoms with Gasteiger partial charge in [0.2, 0.25) is 5.91 Å². The number of nitriles is 1. The lowest BCUT2D eigenvalue weighted by atomic mass is 10.2. The van der Waals surface area contributed by atoms with Crippen molar-refractivity contribution in [1.82, 2.24) is 0 Å². The van der Waals surface area contributed by atoms with Gasteiger partial charge >= 0.3 is 0 Å². The summed E-state index contributed by atoms with van der Waals surface area (Å²) in [5.74, 6) is -0.0766. The highest BCUT2D eigenvalue weighted by Crippen LogP contribution is 2.13. The maximum atomic E-state index is 11.8. The summed E-state index contributed by atoms with van der Waals surface area (Å²) >= 11 is 0. The van der Waals surface area contributed by atoms with Gasteiger partial charge in [0.15, 0.2) is 0 Å². The first-order valence-corrected chi connectivity index (χ1v) is 7.64. The Morgan fingerprint density at radius 2 is 1.95 bits per heavy atom. The quantitative estimate of drug-likeness (QED) is 0.665. The van der Waals surface area contributed by atoms with Crippen LogP contribution in [-0.2, 0) is 9.53 Å². The third-order valence-electron chi connectivity index (χ3n) is 3.16. The standard InChI is InChI=1S/C17H24N2O2/c1-2-3-4-7-12-21-13-8-11-17(20)19-16-10-6-5-9-15(16)14-18/h5-6,9-10H,2-4,7-8,11-13H2,1H3,(H,19,20). The average molecular weight is 288 g/mol. The van der Waals surface area contributed by atoms with Crippen molar-refractivity contribution in [1.29, 1.82) is 5.26 Å². The topological polar surface area (TPSA) is 62.1 Å². The van der Waals surface area contributed by atoms with Crippen molar-refractivity contribution in [2.75, 3.05) is 18.5 Å². The van der Waals surface area contributed by atoms with Gasteiger partial charge in [-0.2, -0.15) is 5.26 Å². The molecule has 0 saturated heterocycles. The zero-order valence-electron chi connectivity index (χ0n) is 12.7. The summed E-state index contributed by atoms with van der Waals surface area (Å²) in [4.78, 5) is 11.8. The first-order valence-electron chi connectivity index (χ1n) is 7.64. The number of amides is 1. The molecule has 1 aromatic rings. The van der Waals surface area contributed by atoms with Crippen LogP contribution in [-0.4, -0.2) is 19.1 Å². The van der Waals surface area contributed by atoms with Gasteiger partial charge in [-0.25, -0.2) is 0 Å². The van der Waals surface area contributed by atoms with Crippen LogP contribution >= 0.6 is 0 Å². The van der Waals surface area contributed by atoms with E-state index in [9.17, 15) is 4.79 Å². The molecule has 0 aliphatic rings. The molecule has 0 saturated carbocycles. The monoisotopic (exact) mass is 288 g/mol. The predicted molar refractivity (Wildman–Crippen MR) is 84.0 cm³/mol. The van der Waals surface area contributed by atoms with E-state index in [0.29, 0.717) is 30.7 Å². The van der Waals surface area contributed by atoms with Crippen molar-refractivity contribution in [3.05, 3.63) is 29.8 Å².